The molecule has 5 heteroatoms. The molecule has 5 nitrogen and oxygen atoms in total. The second kappa shape index (κ2) is 4.53. The second-order valence-corrected chi connectivity index (χ2v) is 3.59. The molecule has 2 rings (SSSR count). The summed E-state index contributed by atoms with van der Waals surface area (Å²) in [7, 11) is 0. The van der Waals surface area contributed by atoms with Gasteiger partial charge in [-0.3, -0.25) is 0 Å². The quantitative estimate of drug-likeness (QED) is 0.773. The van der Waals surface area contributed by atoms with E-state index in [2.05, 4.69) is 34.3 Å². The van der Waals surface area contributed by atoms with Gasteiger partial charge in [0.25, 0.3) is 0 Å². The highest BCUT2D eigenvalue weighted by atomic mass is 16.5. The van der Waals surface area contributed by atoms with E-state index >= 15 is 0 Å². The summed E-state index contributed by atoms with van der Waals surface area (Å²) >= 11 is 0. The first-order chi connectivity index (χ1) is 7.33. The van der Waals surface area contributed by atoms with Crippen molar-refractivity contribution >= 4 is 0 Å². The summed E-state index contributed by atoms with van der Waals surface area (Å²) in [6.45, 7) is 5.87. The smallest absolute Gasteiger partial charge is 0.336 e. The molecule has 0 aliphatic carbocycles. The van der Waals surface area contributed by atoms with Crippen molar-refractivity contribution in [1.82, 2.24) is 20.5 Å². The van der Waals surface area contributed by atoms with Crippen LogP contribution in [0.15, 0.2) is 0 Å². The van der Waals surface area contributed by atoms with Gasteiger partial charge in [0.15, 0.2) is 0 Å². The zero-order valence-corrected chi connectivity index (χ0v) is 9.16. The minimum absolute atomic E-state index is 0.212. The maximum Gasteiger partial charge on any atom is 0.336 e. The Kier molecular flexibility index (Phi) is 3.11. The molecule has 0 spiro atoms. The highest BCUT2D eigenvalue weighted by molar-refractivity contribution is 5.12. The number of hydrogen-bond donors (Lipinski definition) is 1. The van der Waals surface area contributed by atoms with Crippen LogP contribution in [0.4, 0.5) is 0 Å². The van der Waals surface area contributed by atoms with Crippen molar-refractivity contribution in [2.45, 2.75) is 32.8 Å². The Balaban J connectivity index is 2.10. The molecule has 1 aromatic rings. The van der Waals surface area contributed by atoms with Gasteiger partial charge < -0.3 is 10.1 Å². The van der Waals surface area contributed by atoms with Crippen LogP contribution in [0.25, 0.3) is 0 Å². The molecular weight excluding hydrogens is 192 g/mol. The third-order valence-electron chi connectivity index (χ3n) is 2.51. The van der Waals surface area contributed by atoms with E-state index in [-0.39, 0.29) is 6.10 Å². The molecule has 2 heterocycles. The van der Waals surface area contributed by atoms with Crippen LogP contribution in [0.2, 0.25) is 0 Å². The molecule has 1 aliphatic rings. The molecule has 0 amide bonds. The molecule has 1 aromatic heterocycles. The van der Waals surface area contributed by atoms with E-state index in [9.17, 15) is 0 Å². The maximum atomic E-state index is 5.55. The van der Waals surface area contributed by atoms with E-state index in [0.29, 0.717) is 6.01 Å². The van der Waals surface area contributed by atoms with E-state index in [1.807, 2.05) is 0 Å². The van der Waals surface area contributed by atoms with Crippen molar-refractivity contribution in [3.63, 3.8) is 0 Å². The van der Waals surface area contributed by atoms with Crippen LogP contribution in [0.1, 0.15) is 25.2 Å². The fourth-order valence-electron chi connectivity index (χ4n) is 1.47. The number of rotatable bonds is 4. The summed E-state index contributed by atoms with van der Waals surface area (Å²) in [6, 6.07) is 0.413. The summed E-state index contributed by atoms with van der Waals surface area (Å²) in [5.74, 6) is 0. The van der Waals surface area contributed by atoms with Crippen LogP contribution >= 0.6 is 0 Å². The van der Waals surface area contributed by atoms with Gasteiger partial charge >= 0.3 is 6.01 Å². The summed E-state index contributed by atoms with van der Waals surface area (Å²) in [4.78, 5) is 4.36. The van der Waals surface area contributed by atoms with E-state index < -0.39 is 0 Å². The molecule has 0 saturated carbocycles. The molecule has 0 atom stereocenters. The molecule has 82 valence electrons. The van der Waals surface area contributed by atoms with Gasteiger partial charge in [0.1, 0.15) is 6.10 Å². The van der Waals surface area contributed by atoms with Crippen molar-refractivity contribution in [1.29, 1.82) is 0 Å². The van der Waals surface area contributed by atoms with Crippen molar-refractivity contribution in [3.05, 3.63) is 11.4 Å². The molecule has 1 N–H and O–H groups in total. The van der Waals surface area contributed by atoms with Crippen LogP contribution in [0.3, 0.4) is 0 Å². The van der Waals surface area contributed by atoms with Gasteiger partial charge in [-0.15, -0.1) is 5.10 Å². The zero-order valence-electron chi connectivity index (χ0n) is 9.16. The number of ether oxygens (including phenoxy) is 1. The van der Waals surface area contributed by atoms with Gasteiger partial charge in [-0.2, -0.15) is 4.98 Å². The first-order valence-corrected chi connectivity index (χ1v) is 5.43. The van der Waals surface area contributed by atoms with E-state index in [1.54, 1.807) is 0 Å². The molecule has 1 saturated heterocycles. The largest absolute Gasteiger partial charge is 0.456 e. The second-order valence-electron chi connectivity index (χ2n) is 3.59. The molecule has 15 heavy (non-hydrogen) atoms. The molecule has 1 aliphatic heterocycles. The third-order valence-corrected chi connectivity index (χ3v) is 2.51. The Morgan fingerprint density at radius 1 is 1.20 bits per heavy atom. The van der Waals surface area contributed by atoms with Crippen molar-refractivity contribution < 1.29 is 4.74 Å². The van der Waals surface area contributed by atoms with Gasteiger partial charge in [-0.05, 0) is 12.8 Å². The van der Waals surface area contributed by atoms with Crippen molar-refractivity contribution in [2.24, 2.45) is 0 Å². The molecule has 0 aromatic carbocycles. The molecule has 1 fully saturated rings. The fraction of sp³-hybridized carbons (Fsp3) is 0.700. The monoisotopic (exact) mass is 208 g/mol. The number of hydrogen-bond acceptors (Lipinski definition) is 5. The average Bonchev–Trinajstić information content (AvgIpc) is 2.23. The Hall–Kier alpha value is -1.23. The van der Waals surface area contributed by atoms with Crippen LogP contribution in [0.5, 0.6) is 6.01 Å². The lowest BCUT2D eigenvalue weighted by Crippen LogP contribution is -2.50. The van der Waals surface area contributed by atoms with Gasteiger partial charge in [0.05, 0.1) is 11.4 Å². The van der Waals surface area contributed by atoms with Crippen molar-refractivity contribution in [2.75, 3.05) is 13.1 Å². The molecular formula is C10H16N4O. The van der Waals surface area contributed by atoms with Gasteiger partial charge in [-0.25, -0.2) is 0 Å². The minimum atomic E-state index is 0.212. The SMILES string of the molecule is CCc1nnc(OC2CNC2)nc1CC. The number of nitrogens with zero attached hydrogens (tertiary/aromatic N) is 3. The number of nitrogens with one attached hydrogen (secondary N) is 1. The minimum Gasteiger partial charge on any atom is -0.456 e. The average molecular weight is 208 g/mol. The fourth-order valence-corrected chi connectivity index (χ4v) is 1.47. The Bertz CT molecular complexity index is 338. The first kappa shape index (κ1) is 10.3. The van der Waals surface area contributed by atoms with Crippen molar-refractivity contribution in [3.8, 4) is 6.01 Å². The summed E-state index contributed by atoms with van der Waals surface area (Å²) < 4.78 is 5.55. The van der Waals surface area contributed by atoms with Gasteiger partial charge in [-0.1, -0.05) is 18.9 Å². The van der Waals surface area contributed by atoms with Gasteiger partial charge in [0.2, 0.25) is 0 Å². The topological polar surface area (TPSA) is 59.9 Å². The summed E-state index contributed by atoms with van der Waals surface area (Å²) in [6.07, 6.45) is 1.95. The summed E-state index contributed by atoms with van der Waals surface area (Å²) in [5, 5.41) is 11.2. The molecule has 0 unspecified atom stereocenters. The normalized spacial score (nSPS) is 16.1. The Morgan fingerprint density at radius 3 is 2.47 bits per heavy atom. The number of aryl methyl sites for hydroxylation is 2. The lowest BCUT2D eigenvalue weighted by Gasteiger charge is -2.26. The third kappa shape index (κ3) is 2.23. The zero-order chi connectivity index (χ0) is 10.7. The lowest BCUT2D eigenvalue weighted by molar-refractivity contribution is 0.127. The van der Waals surface area contributed by atoms with Crippen LogP contribution in [0, 0.1) is 0 Å². The van der Waals surface area contributed by atoms with Crippen LogP contribution in [-0.4, -0.2) is 34.4 Å². The first-order valence-electron chi connectivity index (χ1n) is 5.43. The standard InChI is InChI=1S/C10H16N4O/c1-3-8-9(4-2)13-14-10(12-8)15-7-5-11-6-7/h7,11H,3-6H2,1-2H3. The Labute approximate surface area is 89.3 Å². The van der Waals surface area contributed by atoms with E-state index in [0.717, 1.165) is 37.3 Å². The van der Waals surface area contributed by atoms with Crippen LogP contribution < -0.4 is 10.1 Å². The highest BCUT2D eigenvalue weighted by Gasteiger charge is 2.20. The van der Waals surface area contributed by atoms with E-state index in [4.69, 9.17) is 4.74 Å². The van der Waals surface area contributed by atoms with E-state index in [1.165, 1.54) is 0 Å². The highest BCUT2D eigenvalue weighted by Crippen LogP contribution is 2.10. The lowest BCUT2D eigenvalue weighted by atomic mass is 10.2. The molecule has 0 bridgehead atoms. The predicted octanol–water partition coefficient (Wildman–Crippen LogP) is 0.347. The maximum absolute atomic E-state index is 5.55. The van der Waals surface area contributed by atoms with Crippen LogP contribution in [-0.2, 0) is 12.8 Å². The Morgan fingerprint density at radius 2 is 1.93 bits per heavy atom. The number of aromatic nitrogens is 3. The molecule has 0 radical (unpaired) electrons. The summed E-state index contributed by atoms with van der Waals surface area (Å²) in [5.41, 5.74) is 1.96. The predicted molar refractivity (Wildman–Crippen MR) is 55.9 cm³/mol. The van der Waals surface area contributed by atoms with Gasteiger partial charge in [0, 0.05) is 13.1 Å².